The van der Waals surface area contributed by atoms with Crippen LogP contribution in [0, 0.1) is 5.92 Å². The molecule has 7 heteroatoms. The third-order valence-corrected chi connectivity index (χ3v) is 6.16. The van der Waals surface area contributed by atoms with Gasteiger partial charge in [-0.2, -0.15) is 0 Å². The molecule has 0 saturated heterocycles. The fourth-order valence-corrected chi connectivity index (χ4v) is 4.65. The first kappa shape index (κ1) is 21.7. The van der Waals surface area contributed by atoms with Crippen molar-refractivity contribution >= 4 is 28.9 Å². The number of aromatic nitrogens is 2. The minimum atomic E-state index is -1.11. The zero-order valence-corrected chi connectivity index (χ0v) is 18.8. The fraction of sp³-hybridized carbons (Fsp3) is 0.222. The molecule has 5 rings (SSSR count). The summed E-state index contributed by atoms with van der Waals surface area (Å²) in [5.74, 6) is -1.51. The van der Waals surface area contributed by atoms with Crippen molar-refractivity contribution in [1.82, 2.24) is 9.55 Å². The summed E-state index contributed by atoms with van der Waals surface area (Å²) in [6, 6.07) is 23.5. The van der Waals surface area contributed by atoms with Crippen LogP contribution >= 0.6 is 0 Å². The number of fused-ring (bicyclic) bond motifs is 3. The van der Waals surface area contributed by atoms with Crippen LogP contribution in [0.3, 0.4) is 0 Å². The van der Waals surface area contributed by atoms with Crippen molar-refractivity contribution < 1.29 is 19.4 Å². The number of ether oxygens (including phenoxy) is 1. The number of carbonyl (C=O) groups excluding carboxylic acids is 2. The molecule has 1 amide bonds. The molecule has 4 aromatic rings. The molecule has 0 saturated carbocycles. The lowest BCUT2D eigenvalue weighted by molar-refractivity contribution is -0.153. The average Bonchev–Trinajstić information content (AvgIpc) is 3.22. The van der Waals surface area contributed by atoms with Gasteiger partial charge in [-0.1, -0.05) is 54.6 Å². The van der Waals surface area contributed by atoms with Crippen molar-refractivity contribution in [3.63, 3.8) is 0 Å². The van der Waals surface area contributed by atoms with E-state index in [4.69, 9.17) is 9.72 Å². The van der Waals surface area contributed by atoms with Crippen LogP contribution in [0.1, 0.15) is 24.1 Å². The normalized spacial score (nSPS) is 17.6. The van der Waals surface area contributed by atoms with Crippen molar-refractivity contribution in [3.8, 4) is 5.75 Å². The van der Waals surface area contributed by atoms with Crippen LogP contribution in [0.25, 0.3) is 11.0 Å². The molecule has 0 radical (unpaired) electrons. The zero-order valence-electron chi connectivity index (χ0n) is 18.8. The maximum atomic E-state index is 13.9. The topological polar surface area (TPSA) is 84.7 Å². The van der Waals surface area contributed by atoms with Gasteiger partial charge in [0.05, 0.1) is 23.7 Å². The summed E-state index contributed by atoms with van der Waals surface area (Å²) in [4.78, 5) is 33.5. The summed E-state index contributed by atoms with van der Waals surface area (Å²) < 4.78 is 7.29. The molecule has 3 aromatic carbocycles. The van der Waals surface area contributed by atoms with Gasteiger partial charge < -0.3 is 14.4 Å². The summed E-state index contributed by atoms with van der Waals surface area (Å²) in [5.41, 5.74) is 3.25. The highest BCUT2D eigenvalue weighted by atomic mass is 16.5. The molecule has 172 valence electrons. The Balaban J connectivity index is 1.69. The monoisotopic (exact) mass is 455 g/mol. The van der Waals surface area contributed by atoms with Crippen molar-refractivity contribution in [2.75, 3.05) is 18.1 Å². The molecule has 0 spiro atoms. The highest BCUT2D eigenvalue weighted by Crippen LogP contribution is 2.41. The van der Waals surface area contributed by atoms with Crippen molar-refractivity contribution in [1.29, 1.82) is 0 Å². The summed E-state index contributed by atoms with van der Waals surface area (Å²) >= 11 is 0. The third kappa shape index (κ3) is 3.79. The van der Waals surface area contributed by atoms with Crippen LogP contribution in [0.2, 0.25) is 0 Å². The van der Waals surface area contributed by atoms with Gasteiger partial charge in [0, 0.05) is 6.54 Å². The van der Waals surface area contributed by atoms with Crippen molar-refractivity contribution in [2.45, 2.75) is 19.4 Å². The van der Waals surface area contributed by atoms with Gasteiger partial charge in [-0.05, 0) is 48.7 Å². The Morgan fingerprint density at radius 3 is 2.56 bits per heavy atom. The second-order valence-electron chi connectivity index (χ2n) is 8.27. The first-order valence-corrected chi connectivity index (χ1v) is 11.4. The lowest BCUT2D eigenvalue weighted by Gasteiger charge is -2.38. The Labute approximate surface area is 197 Å². The van der Waals surface area contributed by atoms with Gasteiger partial charge in [-0.3, -0.25) is 14.5 Å². The highest BCUT2D eigenvalue weighted by Gasteiger charge is 2.47. The Morgan fingerprint density at radius 2 is 1.79 bits per heavy atom. The molecule has 7 nitrogen and oxygen atoms in total. The van der Waals surface area contributed by atoms with E-state index in [2.05, 4.69) is 0 Å². The predicted octanol–water partition coefficient (Wildman–Crippen LogP) is 4.10. The Morgan fingerprint density at radius 1 is 1.03 bits per heavy atom. The van der Waals surface area contributed by atoms with E-state index in [1.54, 1.807) is 30.0 Å². The summed E-state index contributed by atoms with van der Waals surface area (Å²) in [5, 5.41) is 10.2. The SMILES string of the molecule is CCOC(=O)[C@H]1C(=O)N(CCc2ccccc2)c2nc3ccccc3n2[C@@H]1c1cccc(O)c1. The first-order valence-electron chi connectivity index (χ1n) is 11.4. The number of benzene rings is 3. The molecular formula is C27H25N3O4. The molecule has 0 unspecified atom stereocenters. The van der Waals surface area contributed by atoms with E-state index in [0.29, 0.717) is 24.5 Å². The lowest BCUT2D eigenvalue weighted by Crippen LogP contribution is -2.50. The number of phenolic OH excluding ortho intramolecular Hbond substituents is 1. The van der Waals surface area contributed by atoms with Crippen LogP contribution in [-0.2, 0) is 20.7 Å². The molecule has 1 aliphatic heterocycles. The number of rotatable bonds is 6. The van der Waals surface area contributed by atoms with E-state index in [-0.39, 0.29) is 18.3 Å². The Bertz CT molecular complexity index is 1350. The second kappa shape index (κ2) is 9.02. The van der Waals surface area contributed by atoms with E-state index < -0.39 is 17.9 Å². The van der Waals surface area contributed by atoms with E-state index in [1.165, 1.54) is 0 Å². The minimum absolute atomic E-state index is 0.0602. The average molecular weight is 456 g/mol. The molecule has 2 heterocycles. The van der Waals surface area contributed by atoms with Crippen molar-refractivity contribution in [2.24, 2.45) is 5.92 Å². The van der Waals surface area contributed by atoms with Gasteiger partial charge in [0.2, 0.25) is 11.9 Å². The van der Waals surface area contributed by atoms with Crippen molar-refractivity contribution in [3.05, 3.63) is 90.0 Å². The lowest BCUT2D eigenvalue weighted by atomic mass is 9.89. The Hall–Kier alpha value is -4.13. The van der Waals surface area contributed by atoms with Gasteiger partial charge in [-0.25, -0.2) is 4.98 Å². The van der Waals surface area contributed by atoms with Crippen LogP contribution in [0.4, 0.5) is 5.95 Å². The number of imidazole rings is 1. The van der Waals surface area contributed by atoms with Crippen LogP contribution in [-0.4, -0.2) is 39.7 Å². The maximum Gasteiger partial charge on any atom is 0.321 e. The van der Waals surface area contributed by atoms with Gasteiger partial charge in [-0.15, -0.1) is 0 Å². The van der Waals surface area contributed by atoms with Crippen LogP contribution < -0.4 is 4.90 Å². The maximum absolute atomic E-state index is 13.9. The quantitative estimate of drug-likeness (QED) is 0.350. The number of anilines is 1. The number of phenols is 1. The van der Waals surface area contributed by atoms with E-state index in [1.807, 2.05) is 65.2 Å². The van der Waals surface area contributed by atoms with Crippen LogP contribution in [0.5, 0.6) is 5.75 Å². The standard InChI is InChI=1S/C27H25N3O4/c1-2-34-26(33)23-24(19-11-8-12-20(31)17-19)30-22-14-7-6-13-21(22)28-27(30)29(25(23)32)16-15-18-9-4-3-5-10-18/h3-14,17,23-24,31H,2,15-16H2,1H3/t23-,24-/m1/s1. The summed E-state index contributed by atoms with van der Waals surface area (Å²) in [6.07, 6.45) is 0.613. The molecule has 2 atom stereocenters. The largest absolute Gasteiger partial charge is 0.508 e. The number of amides is 1. The number of esters is 1. The van der Waals surface area contributed by atoms with E-state index in [0.717, 1.165) is 16.6 Å². The van der Waals surface area contributed by atoms with Gasteiger partial charge in [0.1, 0.15) is 5.75 Å². The number of aromatic hydroxyl groups is 1. The number of hydrogen-bond donors (Lipinski definition) is 1. The highest BCUT2D eigenvalue weighted by molar-refractivity contribution is 6.08. The summed E-state index contributed by atoms with van der Waals surface area (Å²) in [6.45, 7) is 2.26. The second-order valence-corrected chi connectivity index (χ2v) is 8.27. The number of para-hydroxylation sites is 2. The fourth-order valence-electron chi connectivity index (χ4n) is 4.65. The number of carbonyl (C=O) groups is 2. The van der Waals surface area contributed by atoms with Gasteiger partial charge in [0.25, 0.3) is 0 Å². The third-order valence-electron chi connectivity index (χ3n) is 6.16. The summed E-state index contributed by atoms with van der Waals surface area (Å²) in [7, 11) is 0. The molecule has 1 aromatic heterocycles. The molecule has 0 aliphatic carbocycles. The molecule has 1 aliphatic rings. The minimum Gasteiger partial charge on any atom is -0.508 e. The predicted molar refractivity (Wildman–Crippen MR) is 129 cm³/mol. The molecule has 0 fully saturated rings. The van der Waals surface area contributed by atoms with Gasteiger partial charge >= 0.3 is 5.97 Å². The first-order chi connectivity index (χ1) is 16.6. The molecule has 0 bridgehead atoms. The number of hydrogen-bond acceptors (Lipinski definition) is 5. The van der Waals surface area contributed by atoms with Gasteiger partial charge in [0.15, 0.2) is 5.92 Å². The molecule has 1 N–H and O–H groups in total. The smallest absolute Gasteiger partial charge is 0.321 e. The van der Waals surface area contributed by atoms with E-state index in [9.17, 15) is 14.7 Å². The number of nitrogens with zero attached hydrogens (tertiary/aromatic N) is 3. The molecule has 34 heavy (non-hydrogen) atoms. The Kier molecular flexibility index (Phi) is 5.76. The van der Waals surface area contributed by atoms with E-state index >= 15 is 0 Å². The van der Waals surface area contributed by atoms with Crippen LogP contribution in [0.15, 0.2) is 78.9 Å². The zero-order chi connectivity index (χ0) is 23.7. The molecular weight excluding hydrogens is 430 g/mol.